The van der Waals surface area contributed by atoms with Crippen LogP contribution in [0.4, 0.5) is 0 Å². The summed E-state index contributed by atoms with van der Waals surface area (Å²) in [7, 11) is 0. The van der Waals surface area contributed by atoms with Gasteiger partial charge in [-0.05, 0) is 42.0 Å². The van der Waals surface area contributed by atoms with E-state index in [1.54, 1.807) is 0 Å². The zero-order valence-electron chi connectivity index (χ0n) is 12.5. The average molecular weight is 260 g/mol. The summed E-state index contributed by atoms with van der Waals surface area (Å²) in [4.78, 5) is 23.9. The van der Waals surface area contributed by atoms with Crippen molar-refractivity contribution in [2.24, 2.45) is 5.92 Å². The molecule has 0 amide bonds. The number of Topliss-reactive ketones (excluding diaryl/α,β-unsaturated/α-hetero) is 2. The molecular weight excluding hydrogens is 236 g/mol. The highest BCUT2D eigenvalue weighted by Gasteiger charge is 2.14. The van der Waals surface area contributed by atoms with Crippen molar-refractivity contribution in [1.82, 2.24) is 0 Å². The van der Waals surface area contributed by atoms with Crippen molar-refractivity contribution in [3.05, 3.63) is 34.9 Å². The van der Waals surface area contributed by atoms with Gasteiger partial charge in [0.05, 0.1) is 6.42 Å². The second-order valence-corrected chi connectivity index (χ2v) is 5.48. The minimum Gasteiger partial charge on any atom is -0.299 e. The molecule has 0 saturated heterocycles. The summed E-state index contributed by atoms with van der Waals surface area (Å²) in [6.45, 7) is 8.14. The topological polar surface area (TPSA) is 34.1 Å². The summed E-state index contributed by atoms with van der Waals surface area (Å²) < 4.78 is 0. The van der Waals surface area contributed by atoms with E-state index in [0.29, 0.717) is 17.9 Å². The normalized spacial score (nSPS) is 10.8. The van der Waals surface area contributed by atoms with Gasteiger partial charge in [-0.15, -0.1) is 0 Å². The first-order chi connectivity index (χ1) is 8.96. The molecule has 0 aliphatic rings. The number of benzene rings is 1. The van der Waals surface area contributed by atoms with Gasteiger partial charge in [0.25, 0.3) is 0 Å². The van der Waals surface area contributed by atoms with E-state index in [4.69, 9.17) is 0 Å². The largest absolute Gasteiger partial charge is 0.299 e. The van der Waals surface area contributed by atoms with Crippen LogP contribution in [0.5, 0.6) is 0 Å². The van der Waals surface area contributed by atoms with Crippen molar-refractivity contribution < 1.29 is 9.59 Å². The molecule has 0 aliphatic carbocycles. The Morgan fingerprint density at radius 3 is 1.95 bits per heavy atom. The zero-order chi connectivity index (χ0) is 14.4. The summed E-state index contributed by atoms with van der Waals surface area (Å²) in [6.07, 6.45) is 2.34. The van der Waals surface area contributed by atoms with E-state index in [1.807, 2.05) is 26.0 Å². The van der Waals surface area contributed by atoms with E-state index >= 15 is 0 Å². The second-order valence-electron chi connectivity index (χ2n) is 5.48. The molecule has 104 valence electrons. The molecule has 0 unspecified atom stereocenters. The Kier molecular flexibility index (Phi) is 5.94. The Morgan fingerprint density at radius 2 is 1.53 bits per heavy atom. The Bertz CT molecular complexity index is 436. The Labute approximate surface area is 116 Å². The maximum absolute atomic E-state index is 12.2. The van der Waals surface area contributed by atoms with Crippen LogP contribution >= 0.6 is 0 Å². The smallest absolute Gasteiger partial charge is 0.170 e. The van der Waals surface area contributed by atoms with Gasteiger partial charge in [0, 0.05) is 12.0 Å². The number of carbonyl (C=O) groups excluding carboxylic acids is 2. The van der Waals surface area contributed by atoms with Gasteiger partial charge in [-0.25, -0.2) is 0 Å². The number of aryl methyl sites for hydroxylation is 2. The van der Waals surface area contributed by atoms with Crippen LogP contribution in [0.1, 0.15) is 62.0 Å². The van der Waals surface area contributed by atoms with Crippen LogP contribution in [0.15, 0.2) is 18.2 Å². The lowest BCUT2D eigenvalue weighted by Crippen LogP contribution is -2.11. The molecule has 0 radical (unpaired) electrons. The molecule has 0 heterocycles. The van der Waals surface area contributed by atoms with E-state index in [-0.39, 0.29) is 18.0 Å². The van der Waals surface area contributed by atoms with Crippen LogP contribution in [0, 0.1) is 5.92 Å². The molecule has 19 heavy (non-hydrogen) atoms. The second kappa shape index (κ2) is 7.22. The van der Waals surface area contributed by atoms with Gasteiger partial charge in [0.1, 0.15) is 5.78 Å². The Balaban J connectivity index is 2.84. The van der Waals surface area contributed by atoms with E-state index in [9.17, 15) is 9.59 Å². The summed E-state index contributed by atoms with van der Waals surface area (Å²) >= 11 is 0. The van der Waals surface area contributed by atoms with Crippen LogP contribution in [-0.4, -0.2) is 11.6 Å². The lowest BCUT2D eigenvalue weighted by Gasteiger charge is -2.07. The molecule has 0 aromatic heterocycles. The number of ketones is 2. The van der Waals surface area contributed by atoms with Crippen molar-refractivity contribution in [3.63, 3.8) is 0 Å². The maximum Gasteiger partial charge on any atom is 0.170 e. The van der Waals surface area contributed by atoms with Crippen LogP contribution in [-0.2, 0) is 17.6 Å². The maximum atomic E-state index is 12.2. The fourth-order valence-electron chi connectivity index (χ4n) is 2.14. The average Bonchev–Trinajstić information content (AvgIpc) is 2.36. The van der Waals surface area contributed by atoms with Crippen LogP contribution in [0.25, 0.3) is 0 Å². The molecule has 0 saturated carbocycles. The SMILES string of the molecule is CCc1cc(CC)cc(C(=O)CC(=O)CC(C)C)c1. The molecule has 0 aliphatic heterocycles. The number of hydrogen-bond donors (Lipinski definition) is 0. The lowest BCUT2D eigenvalue weighted by atomic mass is 9.96. The predicted molar refractivity (Wildman–Crippen MR) is 78.6 cm³/mol. The molecule has 2 nitrogen and oxygen atoms in total. The fraction of sp³-hybridized carbons (Fsp3) is 0.529. The van der Waals surface area contributed by atoms with Gasteiger partial charge >= 0.3 is 0 Å². The van der Waals surface area contributed by atoms with Gasteiger partial charge in [0.2, 0.25) is 0 Å². The third-order valence-corrected chi connectivity index (χ3v) is 3.18. The minimum atomic E-state index is -0.0457. The molecule has 0 bridgehead atoms. The Morgan fingerprint density at radius 1 is 1.00 bits per heavy atom. The van der Waals surface area contributed by atoms with Gasteiger partial charge in [0.15, 0.2) is 5.78 Å². The first-order valence-corrected chi connectivity index (χ1v) is 7.14. The van der Waals surface area contributed by atoms with Crippen molar-refractivity contribution in [1.29, 1.82) is 0 Å². The van der Waals surface area contributed by atoms with Crippen molar-refractivity contribution in [2.45, 2.75) is 53.4 Å². The van der Waals surface area contributed by atoms with Crippen molar-refractivity contribution >= 4 is 11.6 Å². The standard InChI is InChI=1S/C17H24O2/c1-5-13-8-14(6-2)10-15(9-13)17(19)11-16(18)7-12(3)4/h8-10,12H,5-7,11H2,1-4H3. The molecule has 1 aromatic carbocycles. The molecule has 0 N–H and O–H groups in total. The van der Waals surface area contributed by atoms with Gasteiger partial charge in [-0.2, -0.15) is 0 Å². The third-order valence-electron chi connectivity index (χ3n) is 3.18. The number of rotatable bonds is 7. The molecule has 1 rings (SSSR count). The highest BCUT2D eigenvalue weighted by atomic mass is 16.1. The summed E-state index contributed by atoms with van der Waals surface area (Å²) in [6, 6.07) is 5.97. The summed E-state index contributed by atoms with van der Waals surface area (Å²) in [5.74, 6) is 0.309. The first kappa shape index (κ1) is 15.6. The monoisotopic (exact) mass is 260 g/mol. The highest BCUT2D eigenvalue weighted by Crippen LogP contribution is 2.15. The van der Waals surface area contributed by atoms with Crippen LogP contribution in [0.2, 0.25) is 0 Å². The minimum absolute atomic E-state index is 0.0362. The highest BCUT2D eigenvalue weighted by molar-refractivity contribution is 6.08. The molecule has 0 atom stereocenters. The van der Waals surface area contributed by atoms with E-state index in [1.165, 1.54) is 11.1 Å². The van der Waals surface area contributed by atoms with Gasteiger partial charge in [-0.3, -0.25) is 9.59 Å². The molecular formula is C17H24O2. The predicted octanol–water partition coefficient (Wildman–Crippen LogP) is 4.00. The number of carbonyl (C=O) groups is 2. The third kappa shape index (κ3) is 4.98. The number of hydrogen-bond acceptors (Lipinski definition) is 2. The first-order valence-electron chi connectivity index (χ1n) is 7.14. The van der Waals surface area contributed by atoms with Crippen LogP contribution in [0.3, 0.4) is 0 Å². The van der Waals surface area contributed by atoms with Crippen molar-refractivity contribution in [2.75, 3.05) is 0 Å². The molecule has 1 aromatic rings. The summed E-state index contributed by atoms with van der Waals surface area (Å²) in [5, 5.41) is 0. The Hall–Kier alpha value is -1.44. The molecule has 2 heteroatoms. The fourth-order valence-corrected chi connectivity index (χ4v) is 2.14. The zero-order valence-corrected chi connectivity index (χ0v) is 12.5. The van der Waals surface area contributed by atoms with E-state index in [2.05, 4.69) is 19.9 Å². The molecule has 0 fully saturated rings. The van der Waals surface area contributed by atoms with Crippen molar-refractivity contribution in [3.8, 4) is 0 Å². The van der Waals surface area contributed by atoms with Crippen LogP contribution < -0.4 is 0 Å². The molecule has 0 spiro atoms. The lowest BCUT2D eigenvalue weighted by molar-refractivity contribution is -0.118. The van der Waals surface area contributed by atoms with Gasteiger partial charge < -0.3 is 0 Å². The quantitative estimate of drug-likeness (QED) is 0.548. The summed E-state index contributed by atoms with van der Waals surface area (Å²) in [5.41, 5.74) is 3.02. The van der Waals surface area contributed by atoms with E-state index < -0.39 is 0 Å². The van der Waals surface area contributed by atoms with Gasteiger partial charge in [-0.1, -0.05) is 33.8 Å². The van der Waals surface area contributed by atoms with E-state index in [0.717, 1.165) is 12.8 Å².